The van der Waals surface area contributed by atoms with Gasteiger partial charge in [0.05, 0.1) is 18.2 Å². The summed E-state index contributed by atoms with van der Waals surface area (Å²) in [5, 5.41) is 21.3. The van der Waals surface area contributed by atoms with Crippen LogP contribution >= 0.6 is 0 Å². The van der Waals surface area contributed by atoms with Gasteiger partial charge in [0.15, 0.2) is 5.76 Å². The molecule has 0 bridgehead atoms. The third-order valence-electron chi connectivity index (χ3n) is 4.36. The van der Waals surface area contributed by atoms with Gasteiger partial charge in [0, 0.05) is 31.8 Å². The number of nitriles is 1. The van der Waals surface area contributed by atoms with Gasteiger partial charge < -0.3 is 19.7 Å². The number of aromatic nitrogens is 2. The molecule has 0 unspecified atom stereocenters. The van der Waals surface area contributed by atoms with Crippen molar-refractivity contribution in [2.24, 2.45) is 0 Å². The maximum Gasteiger partial charge on any atom is 0.407 e. The Morgan fingerprint density at radius 3 is 3.04 bits per heavy atom. The molecular formula is C17H15N5O3. The first kappa shape index (κ1) is 15.1. The van der Waals surface area contributed by atoms with Crippen LogP contribution in [0.5, 0.6) is 0 Å². The molecule has 3 aromatic heterocycles. The molecule has 0 radical (unpaired) electrons. The Bertz CT molecular complexity index is 1030. The van der Waals surface area contributed by atoms with E-state index in [1.54, 1.807) is 25.4 Å². The molecule has 4 heterocycles. The third-order valence-corrected chi connectivity index (χ3v) is 4.36. The lowest BCUT2D eigenvalue weighted by Gasteiger charge is -2.22. The van der Waals surface area contributed by atoms with Crippen molar-refractivity contribution in [3.05, 3.63) is 41.3 Å². The highest BCUT2D eigenvalue weighted by Gasteiger charge is 2.26. The smallest absolute Gasteiger partial charge is 0.407 e. The number of rotatable bonds is 2. The number of fused-ring (bicyclic) bond motifs is 2. The molecule has 1 amide bonds. The zero-order valence-electron chi connectivity index (χ0n) is 13.5. The lowest BCUT2D eigenvalue weighted by Crippen LogP contribution is -2.34. The Hall–Kier alpha value is -3.47. The van der Waals surface area contributed by atoms with Crippen molar-refractivity contribution in [3.8, 4) is 17.5 Å². The number of nitrogens with one attached hydrogen (secondary N) is 1. The highest BCUT2D eigenvalue weighted by Crippen LogP contribution is 2.34. The van der Waals surface area contributed by atoms with Crippen LogP contribution < -0.4 is 5.32 Å². The fourth-order valence-corrected chi connectivity index (χ4v) is 3.14. The van der Waals surface area contributed by atoms with E-state index in [1.807, 2.05) is 10.5 Å². The van der Waals surface area contributed by atoms with E-state index in [0.29, 0.717) is 42.2 Å². The molecule has 1 aliphatic heterocycles. The second-order valence-electron chi connectivity index (χ2n) is 5.83. The highest BCUT2D eigenvalue weighted by atomic mass is 16.4. The second kappa shape index (κ2) is 5.56. The van der Waals surface area contributed by atoms with E-state index in [4.69, 9.17) is 14.8 Å². The van der Waals surface area contributed by atoms with E-state index in [0.717, 1.165) is 17.1 Å². The van der Waals surface area contributed by atoms with Gasteiger partial charge in [-0.3, -0.25) is 4.40 Å². The summed E-state index contributed by atoms with van der Waals surface area (Å²) in [7, 11) is 1.79. The molecule has 0 aromatic carbocycles. The van der Waals surface area contributed by atoms with Crippen LogP contribution in [0.25, 0.3) is 17.1 Å². The number of amides is 1. The molecule has 0 aliphatic carbocycles. The molecule has 0 saturated carbocycles. The number of imidazole rings is 1. The summed E-state index contributed by atoms with van der Waals surface area (Å²) in [4.78, 5) is 17.1. The number of furan rings is 1. The van der Waals surface area contributed by atoms with Gasteiger partial charge in [-0.1, -0.05) is 0 Å². The molecule has 0 spiro atoms. The van der Waals surface area contributed by atoms with E-state index >= 15 is 0 Å². The Balaban J connectivity index is 1.80. The molecular weight excluding hydrogens is 322 g/mol. The predicted molar refractivity (Wildman–Crippen MR) is 89.3 cm³/mol. The molecule has 126 valence electrons. The van der Waals surface area contributed by atoms with Gasteiger partial charge >= 0.3 is 6.09 Å². The molecule has 0 atom stereocenters. The predicted octanol–water partition coefficient (Wildman–Crippen LogP) is 2.54. The Morgan fingerprint density at radius 1 is 1.48 bits per heavy atom. The van der Waals surface area contributed by atoms with Crippen molar-refractivity contribution >= 4 is 17.6 Å². The van der Waals surface area contributed by atoms with Crippen molar-refractivity contribution in [3.63, 3.8) is 0 Å². The molecule has 8 nitrogen and oxygen atoms in total. The van der Waals surface area contributed by atoms with Gasteiger partial charge in [0.25, 0.3) is 0 Å². The number of hydrogen-bond acceptors (Lipinski definition) is 5. The fourth-order valence-electron chi connectivity index (χ4n) is 3.14. The number of pyridine rings is 1. The van der Waals surface area contributed by atoms with Crippen LogP contribution in [-0.4, -0.2) is 39.1 Å². The van der Waals surface area contributed by atoms with Crippen molar-refractivity contribution in [2.45, 2.75) is 13.0 Å². The first-order valence-electron chi connectivity index (χ1n) is 7.80. The van der Waals surface area contributed by atoms with E-state index in [-0.39, 0.29) is 0 Å². The van der Waals surface area contributed by atoms with Crippen molar-refractivity contribution in [1.82, 2.24) is 14.3 Å². The lowest BCUT2D eigenvalue weighted by atomic mass is 10.1. The largest absolute Gasteiger partial charge is 0.465 e. The van der Waals surface area contributed by atoms with Crippen LogP contribution in [0.15, 0.2) is 28.8 Å². The molecule has 25 heavy (non-hydrogen) atoms. The van der Waals surface area contributed by atoms with Crippen LogP contribution in [0.2, 0.25) is 0 Å². The van der Waals surface area contributed by atoms with Gasteiger partial charge in [0.1, 0.15) is 22.9 Å². The maximum atomic E-state index is 11.2. The number of anilines is 1. The van der Waals surface area contributed by atoms with Crippen molar-refractivity contribution < 1.29 is 14.3 Å². The number of carbonyl (C=O) groups is 1. The topological polar surface area (TPSA) is 107 Å². The highest BCUT2D eigenvalue weighted by molar-refractivity contribution is 5.74. The number of carboxylic acid groups (broad SMARTS) is 1. The molecule has 2 N–H and O–H groups in total. The normalized spacial score (nSPS) is 13.5. The van der Waals surface area contributed by atoms with Gasteiger partial charge in [-0.05, 0) is 18.2 Å². The molecule has 4 rings (SSSR count). The van der Waals surface area contributed by atoms with Gasteiger partial charge in [0.2, 0.25) is 0 Å². The minimum atomic E-state index is -0.930. The summed E-state index contributed by atoms with van der Waals surface area (Å²) >= 11 is 0. The quantitative estimate of drug-likeness (QED) is 0.744. The summed E-state index contributed by atoms with van der Waals surface area (Å²) in [6, 6.07) is 7.38. The van der Waals surface area contributed by atoms with E-state index in [2.05, 4.69) is 16.4 Å². The van der Waals surface area contributed by atoms with Gasteiger partial charge in [-0.2, -0.15) is 5.26 Å². The Kier molecular flexibility index (Phi) is 3.35. The minimum Gasteiger partial charge on any atom is -0.465 e. The average Bonchev–Trinajstić information content (AvgIpc) is 3.20. The first-order chi connectivity index (χ1) is 12.1. The zero-order chi connectivity index (χ0) is 17.6. The standard InChI is InChI=1S/C17H15N5O3/c1-19-16-15(20-14-6-10(8-18)2-5-22(14)16)13-7-11-9-21(17(23)24)4-3-12(11)25-13/h2,5-7,19H,3-4,9H2,1H3,(H,23,24). The second-order valence-corrected chi connectivity index (χ2v) is 5.83. The van der Waals surface area contributed by atoms with E-state index in [1.165, 1.54) is 4.90 Å². The summed E-state index contributed by atoms with van der Waals surface area (Å²) in [5.41, 5.74) is 2.66. The summed E-state index contributed by atoms with van der Waals surface area (Å²) in [6.07, 6.45) is 1.40. The van der Waals surface area contributed by atoms with Crippen LogP contribution in [0.4, 0.5) is 10.6 Å². The summed E-state index contributed by atoms with van der Waals surface area (Å²) in [5.74, 6) is 2.13. The Morgan fingerprint density at radius 2 is 2.32 bits per heavy atom. The molecule has 1 aliphatic rings. The molecule has 3 aromatic rings. The van der Waals surface area contributed by atoms with Crippen molar-refractivity contribution in [2.75, 3.05) is 18.9 Å². The van der Waals surface area contributed by atoms with Gasteiger partial charge in [-0.15, -0.1) is 0 Å². The monoisotopic (exact) mass is 337 g/mol. The Labute approximate surface area is 142 Å². The van der Waals surface area contributed by atoms with Gasteiger partial charge in [-0.25, -0.2) is 9.78 Å². The van der Waals surface area contributed by atoms with Crippen LogP contribution in [-0.2, 0) is 13.0 Å². The first-order valence-corrected chi connectivity index (χ1v) is 7.80. The molecule has 0 fully saturated rings. The number of nitrogens with zero attached hydrogens (tertiary/aromatic N) is 4. The molecule has 0 saturated heterocycles. The molecule has 8 heteroatoms. The SMILES string of the molecule is CNc1c(-c2cc3c(o2)CCN(C(=O)O)C3)nc2cc(C#N)ccn12. The zero-order valence-corrected chi connectivity index (χ0v) is 13.5. The fraction of sp³-hybridized carbons (Fsp3) is 0.235. The van der Waals surface area contributed by atoms with E-state index < -0.39 is 6.09 Å². The van der Waals surface area contributed by atoms with Crippen LogP contribution in [0, 0.1) is 11.3 Å². The summed E-state index contributed by atoms with van der Waals surface area (Å²) in [6.45, 7) is 0.736. The van der Waals surface area contributed by atoms with E-state index in [9.17, 15) is 4.79 Å². The minimum absolute atomic E-state index is 0.314. The van der Waals surface area contributed by atoms with Crippen LogP contribution in [0.1, 0.15) is 16.9 Å². The van der Waals surface area contributed by atoms with Crippen LogP contribution in [0.3, 0.4) is 0 Å². The summed E-state index contributed by atoms with van der Waals surface area (Å²) < 4.78 is 7.80. The third kappa shape index (κ3) is 2.37. The lowest BCUT2D eigenvalue weighted by molar-refractivity contribution is 0.138. The number of hydrogen-bond donors (Lipinski definition) is 2. The van der Waals surface area contributed by atoms with Crippen molar-refractivity contribution in [1.29, 1.82) is 5.26 Å². The average molecular weight is 337 g/mol. The maximum absolute atomic E-state index is 11.2.